The third-order valence-corrected chi connectivity index (χ3v) is 11.7. The Balaban J connectivity index is 1.01. The van der Waals surface area contributed by atoms with E-state index in [4.69, 9.17) is 19.4 Å². The number of para-hydroxylation sites is 2. The minimum absolute atomic E-state index is 0.628. The Labute approximate surface area is 345 Å². The highest BCUT2D eigenvalue weighted by Gasteiger charge is 2.19. The van der Waals surface area contributed by atoms with Crippen molar-refractivity contribution < 1.29 is 4.42 Å². The number of benzene rings is 9. The molecule has 0 atom stereocenters. The zero-order valence-electron chi connectivity index (χ0n) is 32.3. The molecule has 0 saturated heterocycles. The topological polar surface area (TPSA) is 56.7 Å². The normalized spacial score (nSPS) is 11.7. The molecule has 5 heteroatoms. The van der Waals surface area contributed by atoms with Crippen LogP contribution in [-0.4, -0.2) is 19.5 Å². The van der Waals surface area contributed by atoms with E-state index in [-0.39, 0.29) is 0 Å². The number of nitrogens with zero attached hydrogens (tertiary/aromatic N) is 4. The molecule has 0 radical (unpaired) electrons. The molecule has 3 aromatic heterocycles. The van der Waals surface area contributed by atoms with Crippen LogP contribution in [0.2, 0.25) is 0 Å². The molecule has 0 bridgehead atoms. The van der Waals surface area contributed by atoms with Gasteiger partial charge in [0.05, 0.1) is 16.7 Å². The Morgan fingerprint density at radius 3 is 1.57 bits per heavy atom. The van der Waals surface area contributed by atoms with E-state index < -0.39 is 0 Å². The molecule has 12 aromatic rings. The third kappa shape index (κ3) is 5.59. The van der Waals surface area contributed by atoms with Gasteiger partial charge in [-0.15, -0.1) is 0 Å². The third-order valence-electron chi connectivity index (χ3n) is 11.7. The zero-order chi connectivity index (χ0) is 39.6. The highest BCUT2D eigenvalue weighted by atomic mass is 16.3. The maximum Gasteiger partial charge on any atom is 0.164 e. The van der Waals surface area contributed by atoms with Crippen molar-refractivity contribution in [3.63, 3.8) is 0 Å². The van der Waals surface area contributed by atoms with Crippen LogP contribution in [0.25, 0.3) is 117 Å². The first-order valence-corrected chi connectivity index (χ1v) is 20.2. The van der Waals surface area contributed by atoms with E-state index in [1.165, 1.54) is 16.3 Å². The first-order valence-electron chi connectivity index (χ1n) is 20.2. The van der Waals surface area contributed by atoms with Crippen molar-refractivity contribution >= 4 is 54.5 Å². The second-order valence-corrected chi connectivity index (χ2v) is 15.2. The Kier molecular flexibility index (Phi) is 7.78. The predicted molar refractivity (Wildman–Crippen MR) is 246 cm³/mol. The summed E-state index contributed by atoms with van der Waals surface area (Å²) in [5, 5.41) is 6.82. The summed E-state index contributed by atoms with van der Waals surface area (Å²) >= 11 is 0. The van der Waals surface area contributed by atoms with Crippen LogP contribution >= 0.6 is 0 Å². The highest BCUT2D eigenvalue weighted by Crippen LogP contribution is 2.40. The summed E-state index contributed by atoms with van der Waals surface area (Å²) < 4.78 is 8.55. The van der Waals surface area contributed by atoms with Crippen molar-refractivity contribution in [1.29, 1.82) is 0 Å². The van der Waals surface area contributed by atoms with Crippen LogP contribution < -0.4 is 0 Å². The van der Waals surface area contributed by atoms with Gasteiger partial charge < -0.3 is 8.98 Å². The molecule has 0 saturated carbocycles. The lowest BCUT2D eigenvalue weighted by Crippen LogP contribution is -2.01. The van der Waals surface area contributed by atoms with Crippen LogP contribution in [0.15, 0.2) is 211 Å². The van der Waals surface area contributed by atoms with E-state index in [9.17, 15) is 0 Å². The summed E-state index contributed by atoms with van der Waals surface area (Å²) in [6.45, 7) is 0. The van der Waals surface area contributed by atoms with Gasteiger partial charge in [0, 0.05) is 43.6 Å². The average Bonchev–Trinajstić information content (AvgIpc) is 3.87. The molecule has 0 unspecified atom stereocenters. The van der Waals surface area contributed by atoms with Gasteiger partial charge in [-0.2, -0.15) is 0 Å². The maximum absolute atomic E-state index is 6.15. The van der Waals surface area contributed by atoms with E-state index in [0.717, 1.165) is 82.8 Å². The molecule has 0 aliphatic heterocycles. The van der Waals surface area contributed by atoms with Crippen LogP contribution in [0, 0.1) is 0 Å². The number of furan rings is 1. The maximum atomic E-state index is 6.15. The highest BCUT2D eigenvalue weighted by molar-refractivity contribution is 6.13. The second kappa shape index (κ2) is 13.8. The van der Waals surface area contributed by atoms with Crippen LogP contribution in [0.3, 0.4) is 0 Å². The summed E-state index contributed by atoms with van der Waals surface area (Å²) in [5.74, 6) is 1.89. The fourth-order valence-corrected chi connectivity index (χ4v) is 8.77. The minimum Gasteiger partial charge on any atom is -0.456 e. The number of aromatic nitrogens is 4. The van der Waals surface area contributed by atoms with Gasteiger partial charge >= 0.3 is 0 Å². The lowest BCUT2D eigenvalue weighted by molar-refractivity contribution is 0.669. The summed E-state index contributed by atoms with van der Waals surface area (Å²) in [6.07, 6.45) is 0. The number of fused-ring (bicyclic) bond motifs is 7. The molecule has 0 spiro atoms. The quantitative estimate of drug-likeness (QED) is 0.169. The second-order valence-electron chi connectivity index (χ2n) is 15.2. The SMILES string of the molecule is c1ccc(-c2ccc(-c3nc(-c4ccccc4)nc(-c4ccc(-n5c6ccccc6c6cc(-c7ccc8oc9ccccc9c8c7)ccc65)c5ccccc45)n3)cc2)cc1. The Morgan fingerprint density at radius 1 is 0.300 bits per heavy atom. The summed E-state index contributed by atoms with van der Waals surface area (Å²) in [7, 11) is 0. The predicted octanol–water partition coefficient (Wildman–Crippen LogP) is 14.4. The first-order chi connectivity index (χ1) is 29.7. The van der Waals surface area contributed by atoms with Gasteiger partial charge in [0.1, 0.15) is 11.2 Å². The molecule has 12 rings (SSSR count). The largest absolute Gasteiger partial charge is 0.456 e. The summed E-state index contributed by atoms with van der Waals surface area (Å²) in [5.41, 5.74) is 12.6. The Hall–Kier alpha value is -8.15. The smallest absolute Gasteiger partial charge is 0.164 e. The number of rotatable bonds is 6. The fraction of sp³-hybridized carbons (Fsp3) is 0. The van der Waals surface area contributed by atoms with Gasteiger partial charge in [-0.05, 0) is 76.2 Å². The molecule has 5 nitrogen and oxygen atoms in total. The van der Waals surface area contributed by atoms with Crippen molar-refractivity contribution in [2.24, 2.45) is 0 Å². The minimum atomic E-state index is 0.628. The summed E-state index contributed by atoms with van der Waals surface area (Å²) in [6, 6.07) is 72.3. The standard InChI is InChI=1S/C55H34N4O/c1-3-13-35(14-4-1)36-23-25-38(26-24-36)54-56-53(37-15-5-2-6-16-37)57-55(58-54)45-29-31-49(42-18-8-7-17-41(42)45)59-48-21-11-9-19-43(48)46-33-39(27-30-50(46)59)40-28-32-52-47(34-40)44-20-10-12-22-51(44)60-52/h1-34H. The molecule has 9 aromatic carbocycles. The van der Waals surface area contributed by atoms with Crippen LogP contribution in [-0.2, 0) is 0 Å². The molecule has 60 heavy (non-hydrogen) atoms. The van der Waals surface area contributed by atoms with Crippen LogP contribution in [0.5, 0.6) is 0 Å². The van der Waals surface area contributed by atoms with Crippen molar-refractivity contribution in [3.05, 3.63) is 206 Å². The number of hydrogen-bond acceptors (Lipinski definition) is 4. The Bertz CT molecular complexity index is 3590. The van der Waals surface area contributed by atoms with Gasteiger partial charge in [-0.25, -0.2) is 15.0 Å². The van der Waals surface area contributed by atoms with Gasteiger partial charge in [-0.1, -0.05) is 158 Å². The van der Waals surface area contributed by atoms with Gasteiger partial charge in [-0.3, -0.25) is 0 Å². The fourth-order valence-electron chi connectivity index (χ4n) is 8.77. The van der Waals surface area contributed by atoms with Gasteiger partial charge in [0.15, 0.2) is 17.5 Å². The van der Waals surface area contributed by atoms with E-state index in [0.29, 0.717) is 17.5 Å². The van der Waals surface area contributed by atoms with E-state index in [2.05, 4.69) is 162 Å². The zero-order valence-corrected chi connectivity index (χ0v) is 32.3. The van der Waals surface area contributed by atoms with Gasteiger partial charge in [0.2, 0.25) is 0 Å². The van der Waals surface area contributed by atoms with E-state index >= 15 is 0 Å². The van der Waals surface area contributed by atoms with Crippen LogP contribution in [0.4, 0.5) is 0 Å². The van der Waals surface area contributed by atoms with Crippen molar-refractivity contribution in [3.8, 4) is 62.1 Å². The lowest BCUT2D eigenvalue weighted by atomic mass is 10.0. The van der Waals surface area contributed by atoms with Gasteiger partial charge in [0.25, 0.3) is 0 Å². The molecular formula is C55H34N4O. The van der Waals surface area contributed by atoms with Crippen LogP contribution in [0.1, 0.15) is 0 Å². The molecule has 3 heterocycles. The molecule has 280 valence electrons. The first kappa shape index (κ1) is 33.9. The Morgan fingerprint density at radius 2 is 0.800 bits per heavy atom. The molecule has 0 amide bonds. The average molecular weight is 767 g/mol. The van der Waals surface area contributed by atoms with Crippen molar-refractivity contribution in [2.75, 3.05) is 0 Å². The van der Waals surface area contributed by atoms with Crippen molar-refractivity contribution in [2.45, 2.75) is 0 Å². The monoisotopic (exact) mass is 766 g/mol. The lowest BCUT2D eigenvalue weighted by Gasteiger charge is -2.15. The van der Waals surface area contributed by atoms with Crippen molar-refractivity contribution in [1.82, 2.24) is 19.5 Å². The molecule has 0 aliphatic carbocycles. The summed E-state index contributed by atoms with van der Waals surface area (Å²) in [4.78, 5) is 15.4. The molecule has 0 N–H and O–H groups in total. The van der Waals surface area contributed by atoms with E-state index in [1.807, 2.05) is 48.5 Å². The van der Waals surface area contributed by atoms with E-state index in [1.54, 1.807) is 0 Å². The number of hydrogen-bond donors (Lipinski definition) is 0. The molecule has 0 aliphatic rings. The molecular weight excluding hydrogens is 733 g/mol. The molecule has 0 fully saturated rings.